The smallest absolute Gasteiger partial charge is 0.244 e. The summed E-state index contributed by atoms with van der Waals surface area (Å²) in [6.45, 7) is 7.77. The van der Waals surface area contributed by atoms with Crippen molar-refractivity contribution >= 4 is 21.8 Å². The molecule has 28 heavy (non-hydrogen) atoms. The van der Waals surface area contributed by atoms with E-state index in [-0.39, 0.29) is 22.8 Å². The molecule has 1 aliphatic heterocycles. The first-order chi connectivity index (χ1) is 13.2. The van der Waals surface area contributed by atoms with E-state index in [0.717, 1.165) is 5.69 Å². The zero-order chi connectivity index (χ0) is 20.4. The molecule has 0 spiro atoms. The van der Waals surface area contributed by atoms with Gasteiger partial charge in [-0.15, -0.1) is 0 Å². The maximum atomic E-state index is 12.6. The summed E-state index contributed by atoms with van der Waals surface area (Å²) in [4.78, 5) is 18.2. The lowest BCUT2D eigenvalue weighted by Crippen LogP contribution is -2.50. The van der Waals surface area contributed by atoms with E-state index in [4.69, 9.17) is 4.52 Å². The predicted octanol–water partition coefficient (Wildman–Crippen LogP) is 1.31. The van der Waals surface area contributed by atoms with Gasteiger partial charge >= 0.3 is 0 Å². The first-order valence-corrected chi connectivity index (χ1v) is 10.5. The van der Waals surface area contributed by atoms with Crippen molar-refractivity contribution in [2.75, 3.05) is 38.0 Å². The molecular weight excluding hydrogens is 382 g/mol. The van der Waals surface area contributed by atoms with Gasteiger partial charge in [-0.1, -0.05) is 25.9 Å². The first-order valence-electron chi connectivity index (χ1n) is 9.06. The molecule has 9 nitrogen and oxygen atoms in total. The lowest BCUT2D eigenvalue weighted by Gasteiger charge is -2.33. The summed E-state index contributed by atoms with van der Waals surface area (Å²) >= 11 is 0. The number of hydrogen-bond acceptors (Lipinski definition) is 7. The highest BCUT2D eigenvalue weighted by Gasteiger charge is 2.29. The Morgan fingerprint density at radius 2 is 1.96 bits per heavy atom. The summed E-state index contributed by atoms with van der Waals surface area (Å²) in [5.41, 5.74) is 0.597. The van der Waals surface area contributed by atoms with Gasteiger partial charge in [0.2, 0.25) is 21.8 Å². The normalized spacial score (nSPS) is 16.8. The van der Waals surface area contributed by atoms with E-state index in [2.05, 4.69) is 15.5 Å². The fraction of sp³-hybridized carbons (Fsp3) is 0.500. The number of carbonyl (C=O) groups excluding carboxylic acids is 1. The van der Waals surface area contributed by atoms with Gasteiger partial charge in [0.25, 0.3) is 0 Å². The van der Waals surface area contributed by atoms with E-state index < -0.39 is 10.0 Å². The maximum absolute atomic E-state index is 12.6. The molecule has 10 heteroatoms. The van der Waals surface area contributed by atoms with E-state index >= 15 is 0 Å². The Hall–Kier alpha value is -2.30. The molecule has 0 unspecified atom stereocenters. The quantitative estimate of drug-likeness (QED) is 0.796. The Bertz CT molecular complexity index is 913. The van der Waals surface area contributed by atoms with Crippen LogP contribution in [0.5, 0.6) is 0 Å². The molecule has 0 aliphatic carbocycles. The average molecular weight is 407 g/mol. The van der Waals surface area contributed by atoms with Gasteiger partial charge in [0.15, 0.2) is 0 Å². The number of nitrogens with zero attached hydrogens (tertiary/aromatic N) is 4. The fourth-order valence-corrected chi connectivity index (χ4v) is 4.23. The molecule has 0 saturated carbocycles. The van der Waals surface area contributed by atoms with Gasteiger partial charge in [0, 0.05) is 50.1 Å². The van der Waals surface area contributed by atoms with Crippen LogP contribution >= 0.6 is 0 Å². The monoisotopic (exact) mass is 407 g/mol. The Morgan fingerprint density at radius 3 is 2.54 bits per heavy atom. The predicted molar refractivity (Wildman–Crippen MR) is 103 cm³/mol. The topological polar surface area (TPSA) is 109 Å². The summed E-state index contributed by atoms with van der Waals surface area (Å²) < 4.78 is 31.8. The number of nitrogens with one attached hydrogen (secondary N) is 1. The Balaban J connectivity index is 1.51. The van der Waals surface area contributed by atoms with Crippen LogP contribution in [-0.2, 0) is 20.2 Å². The van der Waals surface area contributed by atoms with Crippen LogP contribution in [0.2, 0.25) is 0 Å². The fourth-order valence-electron chi connectivity index (χ4n) is 2.84. The van der Waals surface area contributed by atoms with Crippen LogP contribution in [-0.4, -0.2) is 66.4 Å². The van der Waals surface area contributed by atoms with E-state index in [9.17, 15) is 13.2 Å². The van der Waals surface area contributed by atoms with Gasteiger partial charge in [0.05, 0.1) is 12.2 Å². The van der Waals surface area contributed by atoms with Gasteiger partial charge < -0.3 is 4.52 Å². The molecule has 0 bridgehead atoms. The zero-order valence-electron chi connectivity index (χ0n) is 16.3. The number of pyridine rings is 1. The molecule has 2 aromatic heterocycles. The second-order valence-electron chi connectivity index (χ2n) is 7.74. The van der Waals surface area contributed by atoms with Crippen LogP contribution in [0, 0.1) is 0 Å². The minimum atomic E-state index is -3.55. The van der Waals surface area contributed by atoms with Crippen LogP contribution in [0.1, 0.15) is 26.5 Å². The molecular formula is C18H25N5O4S. The molecule has 1 fully saturated rings. The third-order valence-electron chi connectivity index (χ3n) is 4.51. The van der Waals surface area contributed by atoms with Crippen molar-refractivity contribution in [3.63, 3.8) is 0 Å². The van der Waals surface area contributed by atoms with Gasteiger partial charge in [-0.2, -0.15) is 4.31 Å². The van der Waals surface area contributed by atoms with Crippen LogP contribution in [0.4, 0.5) is 5.88 Å². The molecule has 0 aromatic carbocycles. The number of hydrogen-bond donors (Lipinski definition) is 1. The summed E-state index contributed by atoms with van der Waals surface area (Å²) in [5, 5.41) is 6.67. The Labute approximate surface area is 164 Å². The second kappa shape index (κ2) is 7.98. The van der Waals surface area contributed by atoms with Gasteiger partial charge in [0.1, 0.15) is 4.90 Å². The molecule has 1 amide bonds. The minimum absolute atomic E-state index is 0.159. The molecule has 3 rings (SSSR count). The summed E-state index contributed by atoms with van der Waals surface area (Å²) in [5.74, 6) is 0.0906. The number of rotatable bonds is 5. The average Bonchev–Trinajstić information content (AvgIpc) is 3.11. The van der Waals surface area contributed by atoms with Crippen molar-refractivity contribution in [2.24, 2.45) is 0 Å². The van der Waals surface area contributed by atoms with Gasteiger partial charge in [-0.25, -0.2) is 8.42 Å². The number of carbonyl (C=O) groups is 1. The first kappa shape index (κ1) is 20.4. The minimum Gasteiger partial charge on any atom is -0.338 e. The second-order valence-corrected chi connectivity index (χ2v) is 9.68. The number of sulfonamides is 1. The van der Waals surface area contributed by atoms with Crippen LogP contribution in [0.3, 0.4) is 0 Å². The zero-order valence-corrected chi connectivity index (χ0v) is 17.1. The molecule has 1 saturated heterocycles. The third kappa shape index (κ3) is 4.75. The molecule has 0 atom stereocenters. The molecule has 1 N–H and O–H groups in total. The number of anilines is 1. The van der Waals surface area contributed by atoms with Crippen LogP contribution < -0.4 is 5.32 Å². The SMILES string of the molecule is CC(C)(C)c1cc(NC(=O)CN2CCN(S(=O)(=O)c3cccnc3)CC2)on1. The number of piperazine rings is 1. The highest BCUT2D eigenvalue weighted by molar-refractivity contribution is 7.89. The van der Waals surface area contributed by atoms with Gasteiger partial charge in [-0.05, 0) is 12.1 Å². The lowest BCUT2D eigenvalue weighted by atomic mass is 9.92. The summed E-state index contributed by atoms with van der Waals surface area (Å²) in [7, 11) is -3.55. The van der Waals surface area contributed by atoms with Crippen molar-refractivity contribution in [1.29, 1.82) is 0 Å². The number of amides is 1. The highest BCUT2D eigenvalue weighted by Crippen LogP contribution is 2.23. The molecule has 1 aliphatic rings. The number of aromatic nitrogens is 2. The Morgan fingerprint density at radius 1 is 1.25 bits per heavy atom. The molecule has 152 valence electrons. The highest BCUT2D eigenvalue weighted by atomic mass is 32.2. The van der Waals surface area contributed by atoms with Crippen molar-refractivity contribution in [1.82, 2.24) is 19.3 Å². The van der Waals surface area contributed by atoms with Gasteiger partial charge in [-0.3, -0.25) is 20.0 Å². The molecule has 0 radical (unpaired) electrons. The van der Waals surface area contributed by atoms with E-state index in [0.29, 0.717) is 32.1 Å². The molecule has 3 heterocycles. The maximum Gasteiger partial charge on any atom is 0.244 e. The lowest BCUT2D eigenvalue weighted by molar-refractivity contribution is -0.117. The van der Waals surface area contributed by atoms with E-state index in [1.54, 1.807) is 12.1 Å². The summed E-state index contributed by atoms with van der Waals surface area (Å²) in [6, 6.07) is 4.85. The largest absolute Gasteiger partial charge is 0.338 e. The van der Waals surface area contributed by atoms with Crippen molar-refractivity contribution < 1.29 is 17.7 Å². The van der Waals surface area contributed by atoms with Crippen molar-refractivity contribution in [2.45, 2.75) is 31.1 Å². The standard InChI is InChI=1S/C18H25N5O4S/c1-18(2,3)15-11-17(27-21-15)20-16(24)13-22-7-9-23(10-8-22)28(25,26)14-5-4-6-19-12-14/h4-6,11-12H,7-10,13H2,1-3H3,(H,20,24). The van der Waals surface area contributed by atoms with Crippen molar-refractivity contribution in [3.8, 4) is 0 Å². The van der Waals surface area contributed by atoms with E-state index in [1.165, 1.54) is 22.8 Å². The third-order valence-corrected chi connectivity index (χ3v) is 6.39. The van der Waals surface area contributed by atoms with E-state index in [1.807, 2.05) is 25.7 Å². The summed E-state index contributed by atoms with van der Waals surface area (Å²) in [6.07, 6.45) is 2.88. The van der Waals surface area contributed by atoms with Crippen molar-refractivity contribution in [3.05, 3.63) is 36.3 Å². The Kier molecular flexibility index (Phi) is 5.82. The van der Waals surface area contributed by atoms with Crippen LogP contribution in [0.25, 0.3) is 0 Å². The van der Waals surface area contributed by atoms with Crippen LogP contribution in [0.15, 0.2) is 40.0 Å². The molecule has 2 aromatic rings.